The summed E-state index contributed by atoms with van der Waals surface area (Å²) < 4.78 is 27.2. The normalized spacial score (nSPS) is 15.1. The number of nitrogens with one attached hydrogen (secondary N) is 1. The smallest absolute Gasteiger partial charge is 0.240 e. The van der Waals surface area contributed by atoms with E-state index in [2.05, 4.69) is 18.6 Å². The first-order valence-corrected chi connectivity index (χ1v) is 8.67. The van der Waals surface area contributed by atoms with Gasteiger partial charge >= 0.3 is 0 Å². The monoisotopic (exact) mass is 318 g/mol. The van der Waals surface area contributed by atoms with Crippen molar-refractivity contribution >= 4 is 21.6 Å². The zero-order valence-corrected chi connectivity index (χ0v) is 13.8. The van der Waals surface area contributed by atoms with E-state index < -0.39 is 10.0 Å². The maximum atomic E-state index is 12.3. The van der Waals surface area contributed by atoms with Crippen LogP contribution in [0.1, 0.15) is 39.2 Å². The number of halogens is 1. The Hall–Kier alpha value is -0.620. The van der Waals surface area contributed by atoms with Gasteiger partial charge in [-0.2, -0.15) is 0 Å². The lowest BCUT2D eigenvalue weighted by molar-refractivity contribution is 0.445. The van der Waals surface area contributed by atoms with Crippen LogP contribution < -0.4 is 10.5 Å². The zero-order valence-electron chi connectivity index (χ0n) is 12.2. The minimum atomic E-state index is -3.54. The summed E-state index contributed by atoms with van der Waals surface area (Å²) >= 11 is 6.01. The van der Waals surface area contributed by atoms with E-state index in [0.29, 0.717) is 10.9 Å². The first-order chi connectivity index (χ1) is 9.30. The third kappa shape index (κ3) is 4.74. The molecule has 4 nitrogen and oxygen atoms in total. The van der Waals surface area contributed by atoms with E-state index in [9.17, 15) is 8.42 Å². The minimum Gasteiger partial charge on any atom is -0.326 e. The van der Waals surface area contributed by atoms with E-state index >= 15 is 0 Å². The Bertz CT molecular complexity index is 546. The Balaban J connectivity index is 2.86. The molecule has 0 radical (unpaired) electrons. The average Bonchev–Trinajstić information content (AvgIpc) is 2.37. The molecular weight excluding hydrogens is 296 g/mol. The third-order valence-corrected chi connectivity index (χ3v) is 5.30. The average molecular weight is 319 g/mol. The van der Waals surface area contributed by atoms with Crippen molar-refractivity contribution in [1.29, 1.82) is 0 Å². The summed E-state index contributed by atoms with van der Waals surface area (Å²) in [4.78, 5) is 0.177. The summed E-state index contributed by atoms with van der Waals surface area (Å²) in [7, 11) is -3.54. The van der Waals surface area contributed by atoms with Gasteiger partial charge in [-0.05, 0) is 37.0 Å². The molecule has 1 rings (SSSR count). The van der Waals surface area contributed by atoms with E-state index in [1.807, 2.05) is 6.92 Å². The van der Waals surface area contributed by atoms with Crippen LogP contribution in [0.4, 0.5) is 0 Å². The van der Waals surface area contributed by atoms with Crippen LogP contribution in [0.2, 0.25) is 5.02 Å². The largest absolute Gasteiger partial charge is 0.326 e. The number of hydrogen-bond donors (Lipinski definition) is 2. The van der Waals surface area contributed by atoms with Gasteiger partial charge in [0.2, 0.25) is 10.0 Å². The van der Waals surface area contributed by atoms with E-state index in [1.165, 1.54) is 12.1 Å². The van der Waals surface area contributed by atoms with Crippen molar-refractivity contribution in [1.82, 2.24) is 4.72 Å². The highest BCUT2D eigenvalue weighted by Crippen LogP contribution is 2.21. The predicted octanol–water partition coefficient (Wildman–Crippen LogP) is 2.90. The van der Waals surface area contributed by atoms with Crippen molar-refractivity contribution < 1.29 is 8.42 Å². The molecule has 114 valence electrons. The minimum absolute atomic E-state index is 0.108. The summed E-state index contributed by atoms with van der Waals surface area (Å²) in [6.45, 7) is 6.37. The van der Waals surface area contributed by atoms with Gasteiger partial charge in [0.15, 0.2) is 0 Å². The highest BCUT2D eigenvalue weighted by Gasteiger charge is 2.19. The van der Waals surface area contributed by atoms with Crippen molar-refractivity contribution in [2.45, 2.75) is 51.1 Å². The molecule has 0 saturated heterocycles. The fraction of sp³-hybridized carbons (Fsp3) is 0.571. The van der Waals surface area contributed by atoms with E-state index in [1.54, 1.807) is 6.07 Å². The molecule has 3 N–H and O–H groups in total. The van der Waals surface area contributed by atoms with Gasteiger partial charge in [0, 0.05) is 17.6 Å². The highest BCUT2D eigenvalue weighted by molar-refractivity contribution is 7.89. The third-order valence-electron chi connectivity index (χ3n) is 3.36. The van der Waals surface area contributed by atoms with Crippen molar-refractivity contribution in [3.8, 4) is 0 Å². The summed E-state index contributed by atoms with van der Waals surface area (Å²) in [5.74, 6) is 0.482. The molecule has 0 spiro atoms. The molecule has 0 aliphatic rings. The Morgan fingerprint density at radius 3 is 2.50 bits per heavy atom. The van der Waals surface area contributed by atoms with Crippen LogP contribution in [0.3, 0.4) is 0 Å². The molecule has 0 fully saturated rings. The van der Waals surface area contributed by atoms with Crippen LogP contribution in [0.25, 0.3) is 0 Å². The van der Waals surface area contributed by atoms with Crippen LogP contribution in [0.15, 0.2) is 23.1 Å². The molecule has 0 saturated carbocycles. The number of hydrogen-bond acceptors (Lipinski definition) is 3. The first kappa shape index (κ1) is 17.4. The standard InChI is InChI=1S/C14H23ClN2O2S/c1-4-10(2)7-11(3)17-20(18,19)13-6-5-12(9-16)14(15)8-13/h5-6,8,10-11,17H,4,7,9,16H2,1-3H3. The van der Waals surface area contributed by atoms with Gasteiger partial charge in [-0.25, -0.2) is 13.1 Å². The molecular formula is C14H23ClN2O2S. The Labute approximate surface area is 126 Å². The van der Waals surface area contributed by atoms with Gasteiger partial charge in [-0.1, -0.05) is 37.9 Å². The van der Waals surface area contributed by atoms with Gasteiger partial charge in [0.1, 0.15) is 0 Å². The molecule has 20 heavy (non-hydrogen) atoms. The van der Waals surface area contributed by atoms with Crippen LogP contribution >= 0.6 is 11.6 Å². The van der Waals surface area contributed by atoms with E-state index in [4.69, 9.17) is 17.3 Å². The van der Waals surface area contributed by atoms with Crippen LogP contribution in [0, 0.1) is 5.92 Å². The fourth-order valence-electron chi connectivity index (χ4n) is 2.01. The Morgan fingerprint density at radius 2 is 2.00 bits per heavy atom. The fourth-order valence-corrected chi connectivity index (χ4v) is 3.62. The van der Waals surface area contributed by atoms with Crippen molar-refractivity contribution in [2.24, 2.45) is 11.7 Å². The maximum absolute atomic E-state index is 12.3. The maximum Gasteiger partial charge on any atom is 0.240 e. The summed E-state index contributed by atoms with van der Waals surface area (Å²) in [5, 5.41) is 0.380. The Morgan fingerprint density at radius 1 is 1.35 bits per heavy atom. The second kappa shape index (κ2) is 7.41. The molecule has 0 aromatic heterocycles. The topological polar surface area (TPSA) is 72.2 Å². The molecule has 2 unspecified atom stereocenters. The molecule has 0 heterocycles. The number of sulfonamides is 1. The molecule has 2 atom stereocenters. The number of nitrogens with two attached hydrogens (primary N) is 1. The summed E-state index contributed by atoms with van der Waals surface area (Å²) in [5.41, 5.74) is 6.25. The van der Waals surface area contributed by atoms with Gasteiger partial charge in [0.25, 0.3) is 0 Å². The molecule has 6 heteroatoms. The van der Waals surface area contributed by atoms with Crippen LogP contribution in [-0.4, -0.2) is 14.5 Å². The lowest BCUT2D eigenvalue weighted by Crippen LogP contribution is -2.33. The molecule has 0 amide bonds. The predicted molar refractivity (Wildman–Crippen MR) is 83.2 cm³/mol. The van der Waals surface area contributed by atoms with Crippen LogP contribution in [-0.2, 0) is 16.6 Å². The molecule has 1 aromatic rings. The summed E-state index contributed by atoms with van der Waals surface area (Å²) in [6, 6.07) is 4.52. The first-order valence-electron chi connectivity index (χ1n) is 6.81. The van der Waals surface area contributed by atoms with E-state index in [0.717, 1.165) is 18.4 Å². The van der Waals surface area contributed by atoms with Gasteiger partial charge < -0.3 is 5.73 Å². The molecule has 0 bridgehead atoms. The van der Waals surface area contributed by atoms with Gasteiger partial charge in [0.05, 0.1) is 4.90 Å². The second-order valence-electron chi connectivity index (χ2n) is 5.23. The highest BCUT2D eigenvalue weighted by atomic mass is 35.5. The van der Waals surface area contributed by atoms with Crippen molar-refractivity contribution in [3.05, 3.63) is 28.8 Å². The SMILES string of the molecule is CCC(C)CC(C)NS(=O)(=O)c1ccc(CN)c(Cl)c1. The second-order valence-corrected chi connectivity index (χ2v) is 7.35. The molecule has 0 aliphatic carbocycles. The summed E-state index contributed by atoms with van der Waals surface area (Å²) in [6.07, 6.45) is 1.84. The van der Waals surface area contributed by atoms with Crippen LogP contribution in [0.5, 0.6) is 0 Å². The molecule has 0 aliphatic heterocycles. The van der Waals surface area contributed by atoms with Crippen molar-refractivity contribution in [3.63, 3.8) is 0 Å². The van der Waals surface area contributed by atoms with Gasteiger partial charge in [-0.3, -0.25) is 0 Å². The quantitative estimate of drug-likeness (QED) is 0.812. The van der Waals surface area contributed by atoms with Gasteiger partial charge in [-0.15, -0.1) is 0 Å². The molecule has 1 aromatic carbocycles. The van der Waals surface area contributed by atoms with Crippen molar-refractivity contribution in [2.75, 3.05) is 0 Å². The lowest BCUT2D eigenvalue weighted by atomic mass is 10.0. The Kier molecular flexibility index (Phi) is 6.45. The number of benzene rings is 1. The lowest BCUT2D eigenvalue weighted by Gasteiger charge is -2.18. The number of rotatable bonds is 7. The zero-order chi connectivity index (χ0) is 15.3. The van der Waals surface area contributed by atoms with E-state index in [-0.39, 0.29) is 17.5 Å².